The highest BCUT2D eigenvalue weighted by Crippen LogP contribution is 2.28. The van der Waals surface area contributed by atoms with Crippen LogP contribution in [0.25, 0.3) is 0 Å². The molecule has 0 radical (unpaired) electrons. The van der Waals surface area contributed by atoms with E-state index in [1.165, 1.54) is 17.6 Å². The molecule has 120 valence electrons. The molecule has 0 aliphatic carbocycles. The van der Waals surface area contributed by atoms with Crippen molar-refractivity contribution >= 4 is 32.3 Å². The standard InChI is InChI=1S/C13H22N2O4S2/c1-5-19-11(16)13(2,3)10-9-20-12(15-10)14-7-6-8-21(4,17)18/h9H,5-8H2,1-4H3,(H,14,15). The normalized spacial score (nSPS) is 12.2. The smallest absolute Gasteiger partial charge is 0.317 e. The lowest BCUT2D eigenvalue weighted by Gasteiger charge is -2.19. The van der Waals surface area contributed by atoms with E-state index in [0.717, 1.165) is 0 Å². The van der Waals surface area contributed by atoms with Gasteiger partial charge < -0.3 is 10.1 Å². The lowest BCUT2D eigenvalue weighted by Crippen LogP contribution is -2.31. The molecule has 0 bridgehead atoms. The van der Waals surface area contributed by atoms with E-state index >= 15 is 0 Å². The van der Waals surface area contributed by atoms with Gasteiger partial charge in [0.1, 0.15) is 15.3 Å². The molecule has 6 nitrogen and oxygen atoms in total. The Bertz CT molecular complexity index is 579. The fraction of sp³-hybridized carbons (Fsp3) is 0.692. The third-order valence-corrected chi connectivity index (χ3v) is 4.73. The summed E-state index contributed by atoms with van der Waals surface area (Å²) in [5, 5.41) is 5.56. The molecule has 1 rings (SSSR count). The zero-order chi connectivity index (χ0) is 16.1. The number of esters is 1. The minimum absolute atomic E-state index is 0.145. The summed E-state index contributed by atoms with van der Waals surface area (Å²) in [6.07, 6.45) is 1.74. The van der Waals surface area contributed by atoms with Crippen LogP contribution in [0.15, 0.2) is 5.38 Å². The van der Waals surface area contributed by atoms with E-state index in [1.807, 2.05) is 5.38 Å². The molecule has 0 unspecified atom stereocenters. The second kappa shape index (κ2) is 7.22. The SMILES string of the molecule is CCOC(=O)C(C)(C)c1csc(NCCCS(C)(=O)=O)n1. The summed E-state index contributed by atoms with van der Waals surface area (Å²) in [6, 6.07) is 0. The van der Waals surface area contributed by atoms with E-state index in [0.29, 0.717) is 30.4 Å². The van der Waals surface area contributed by atoms with Crippen molar-refractivity contribution in [3.05, 3.63) is 11.1 Å². The summed E-state index contributed by atoms with van der Waals surface area (Å²) in [6.45, 7) is 6.17. The number of nitrogens with one attached hydrogen (secondary N) is 1. The van der Waals surface area contributed by atoms with Crippen molar-refractivity contribution in [1.29, 1.82) is 0 Å². The van der Waals surface area contributed by atoms with E-state index < -0.39 is 15.3 Å². The van der Waals surface area contributed by atoms with Gasteiger partial charge in [-0.25, -0.2) is 13.4 Å². The van der Waals surface area contributed by atoms with E-state index in [1.54, 1.807) is 20.8 Å². The highest BCUT2D eigenvalue weighted by atomic mass is 32.2. The number of carbonyl (C=O) groups is 1. The number of thiazole rings is 1. The first-order chi connectivity index (χ1) is 9.66. The van der Waals surface area contributed by atoms with E-state index in [9.17, 15) is 13.2 Å². The van der Waals surface area contributed by atoms with Crippen LogP contribution in [0, 0.1) is 0 Å². The van der Waals surface area contributed by atoms with Crippen LogP contribution < -0.4 is 5.32 Å². The van der Waals surface area contributed by atoms with Crippen LogP contribution in [0.4, 0.5) is 5.13 Å². The average molecular weight is 334 g/mol. The molecule has 0 saturated heterocycles. The molecule has 0 fully saturated rings. The van der Waals surface area contributed by atoms with Crippen LogP contribution in [0.5, 0.6) is 0 Å². The van der Waals surface area contributed by atoms with Gasteiger partial charge in [0.2, 0.25) is 0 Å². The van der Waals surface area contributed by atoms with Gasteiger partial charge >= 0.3 is 5.97 Å². The lowest BCUT2D eigenvalue weighted by atomic mass is 9.90. The fourth-order valence-electron chi connectivity index (χ4n) is 1.59. The first kappa shape index (κ1) is 17.9. The van der Waals surface area contributed by atoms with Crippen LogP contribution in [0.2, 0.25) is 0 Å². The van der Waals surface area contributed by atoms with E-state index in [-0.39, 0.29) is 11.7 Å². The Morgan fingerprint density at radius 2 is 2.14 bits per heavy atom. The maximum absolute atomic E-state index is 11.9. The monoisotopic (exact) mass is 334 g/mol. The molecule has 0 atom stereocenters. The quantitative estimate of drug-likeness (QED) is 0.577. The molecule has 0 aromatic carbocycles. The highest BCUT2D eigenvalue weighted by molar-refractivity contribution is 7.90. The molecule has 0 aliphatic rings. The van der Waals surface area contributed by atoms with Gasteiger partial charge in [0, 0.05) is 18.2 Å². The number of nitrogens with zero attached hydrogens (tertiary/aromatic N) is 1. The lowest BCUT2D eigenvalue weighted by molar-refractivity contribution is -0.148. The first-order valence-corrected chi connectivity index (χ1v) is 9.65. The molecule has 1 heterocycles. The number of sulfone groups is 1. The molecule has 1 N–H and O–H groups in total. The number of ether oxygens (including phenoxy) is 1. The minimum atomic E-state index is -2.93. The number of hydrogen-bond donors (Lipinski definition) is 1. The maximum Gasteiger partial charge on any atom is 0.317 e. The Hall–Kier alpha value is -1.15. The van der Waals surface area contributed by atoms with Crippen molar-refractivity contribution in [3.63, 3.8) is 0 Å². The summed E-state index contributed by atoms with van der Waals surface area (Å²) < 4.78 is 27.1. The van der Waals surface area contributed by atoms with Crippen molar-refractivity contribution in [2.24, 2.45) is 0 Å². The van der Waals surface area contributed by atoms with Gasteiger partial charge in [-0.2, -0.15) is 0 Å². The summed E-state index contributed by atoms with van der Waals surface area (Å²) in [5.41, 5.74) is -0.143. The molecule has 8 heteroatoms. The topological polar surface area (TPSA) is 85.4 Å². The van der Waals surface area contributed by atoms with Gasteiger partial charge in [-0.3, -0.25) is 4.79 Å². The third-order valence-electron chi connectivity index (χ3n) is 2.90. The minimum Gasteiger partial charge on any atom is -0.465 e. The Morgan fingerprint density at radius 3 is 2.71 bits per heavy atom. The summed E-state index contributed by atoms with van der Waals surface area (Å²) >= 11 is 1.39. The first-order valence-electron chi connectivity index (χ1n) is 6.71. The molecule has 1 aromatic rings. The predicted molar refractivity (Wildman–Crippen MR) is 84.6 cm³/mol. The molecule has 0 aliphatic heterocycles. The number of hydrogen-bond acceptors (Lipinski definition) is 7. The molecule has 1 aromatic heterocycles. The predicted octanol–water partition coefficient (Wildman–Crippen LogP) is 1.83. The summed E-state index contributed by atoms with van der Waals surface area (Å²) in [5.74, 6) is -0.161. The number of anilines is 1. The van der Waals surface area contributed by atoms with Gasteiger partial charge in [0.05, 0.1) is 18.1 Å². The maximum atomic E-state index is 11.9. The van der Waals surface area contributed by atoms with Crippen LogP contribution in [0.3, 0.4) is 0 Å². The van der Waals surface area contributed by atoms with Crippen LogP contribution in [-0.4, -0.2) is 44.5 Å². The highest BCUT2D eigenvalue weighted by Gasteiger charge is 2.33. The Labute approximate surface area is 129 Å². The van der Waals surface area contributed by atoms with Crippen molar-refractivity contribution in [2.45, 2.75) is 32.6 Å². The zero-order valence-electron chi connectivity index (χ0n) is 12.8. The zero-order valence-corrected chi connectivity index (χ0v) is 14.4. The number of carbonyl (C=O) groups excluding carboxylic acids is 1. The van der Waals surface area contributed by atoms with Gasteiger partial charge in [0.25, 0.3) is 0 Å². The number of aromatic nitrogens is 1. The largest absolute Gasteiger partial charge is 0.465 e. The van der Waals surface area contributed by atoms with Crippen molar-refractivity contribution in [1.82, 2.24) is 4.98 Å². The van der Waals surface area contributed by atoms with Gasteiger partial charge in [-0.15, -0.1) is 11.3 Å². The number of rotatable bonds is 8. The third kappa shape index (κ3) is 5.62. The molecular formula is C13H22N2O4S2. The van der Waals surface area contributed by atoms with Crippen molar-refractivity contribution in [2.75, 3.05) is 30.5 Å². The molecule has 0 amide bonds. The second-order valence-electron chi connectivity index (χ2n) is 5.29. The molecule has 0 spiro atoms. The van der Waals surface area contributed by atoms with Crippen LogP contribution >= 0.6 is 11.3 Å². The molecule has 0 saturated carbocycles. The van der Waals surface area contributed by atoms with Crippen molar-refractivity contribution in [3.8, 4) is 0 Å². The van der Waals surface area contributed by atoms with Crippen LogP contribution in [0.1, 0.15) is 32.9 Å². The molecular weight excluding hydrogens is 312 g/mol. The average Bonchev–Trinajstić information content (AvgIpc) is 2.83. The summed E-state index contributed by atoms with van der Waals surface area (Å²) in [4.78, 5) is 16.3. The van der Waals surface area contributed by atoms with Gasteiger partial charge in [-0.05, 0) is 27.2 Å². The fourth-order valence-corrected chi connectivity index (χ4v) is 3.16. The second-order valence-corrected chi connectivity index (χ2v) is 8.41. The van der Waals surface area contributed by atoms with Gasteiger partial charge in [0.15, 0.2) is 5.13 Å². The van der Waals surface area contributed by atoms with Gasteiger partial charge in [-0.1, -0.05) is 0 Å². The van der Waals surface area contributed by atoms with Crippen molar-refractivity contribution < 1.29 is 17.9 Å². The Balaban J connectivity index is 2.58. The Morgan fingerprint density at radius 1 is 1.48 bits per heavy atom. The van der Waals surface area contributed by atoms with E-state index in [2.05, 4.69) is 10.3 Å². The van der Waals surface area contributed by atoms with Crippen LogP contribution in [-0.2, 0) is 24.8 Å². The Kier molecular flexibility index (Phi) is 6.15. The molecule has 21 heavy (non-hydrogen) atoms. The summed E-state index contributed by atoms with van der Waals surface area (Å²) in [7, 11) is -2.93. The van der Waals surface area contributed by atoms with E-state index in [4.69, 9.17) is 4.74 Å².